The third-order valence-corrected chi connectivity index (χ3v) is 5.79. The highest BCUT2D eigenvalue weighted by Crippen LogP contribution is 2.34. The van der Waals surface area contributed by atoms with Gasteiger partial charge >= 0.3 is 0 Å². The molecule has 2 aromatic carbocycles. The van der Waals surface area contributed by atoms with E-state index in [1.807, 2.05) is 12.1 Å². The maximum Gasteiger partial charge on any atom is 0.254 e. The summed E-state index contributed by atoms with van der Waals surface area (Å²) in [5.74, 6) is -1.72. The van der Waals surface area contributed by atoms with Crippen LogP contribution in [0.2, 0.25) is 5.02 Å². The standard InChI is InChI=1S/C25H25ClFN3O4/c1-30-15-17(8-10-24(30)31)23(29-33)14-20(18-5-3-4-6-21(18)26)16-7-9-19(22(27)13-16)25(32)28-11-12-34-2/h3-10,13,15,20,33H,11-12,14H2,1-2H3,(H,28,32). The van der Waals surface area contributed by atoms with E-state index in [-0.39, 0.29) is 24.1 Å². The Morgan fingerprint density at radius 3 is 2.65 bits per heavy atom. The number of carbonyl (C=O) groups is 1. The normalized spacial score (nSPS) is 12.4. The Bertz CT molecular complexity index is 1260. The zero-order valence-electron chi connectivity index (χ0n) is 18.8. The van der Waals surface area contributed by atoms with E-state index < -0.39 is 17.6 Å². The maximum atomic E-state index is 15.0. The van der Waals surface area contributed by atoms with Crippen molar-refractivity contribution in [2.45, 2.75) is 12.3 Å². The van der Waals surface area contributed by atoms with E-state index in [9.17, 15) is 19.2 Å². The summed E-state index contributed by atoms with van der Waals surface area (Å²) in [5.41, 5.74) is 1.78. The molecule has 1 aromatic heterocycles. The molecule has 1 heterocycles. The number of amides is 1. The first kappa shape index (κ1) is 25.1. The minimum atomic E-state index is -0.686. The fourth-order valence-electron chi connectivity index (χ4n) is 3.63. The van der Waals surface area contributed by atoms with Crippen LogP contribution in [-0.4, -0.2) is 41.7 Å². The lowest BCUT2D eigenvalue weighted by Gasteiger charge is -2.21. The van der Waals surface area contributed by atoms with E-state index in [0.717, 1.165) is 0 Å². The Morgan fingerprint density at radius 1 is 1.24 bits per heavy atom. The van der Waals surface area contributed by atoms with Gasteiger partial charge in [-0.3, -0.25) is 9.59 Å². The Hall–Kier alpha value is -3.49. The molecule has 0 aliphatic heterocycles. The molecule has 1 atom stereocenters. The molecular formula is C25H25ClFN3O4. The highest BCUT2D eigenvalue weighted by Gasteiger charge is 2.23. The second-order valence-corrected chi connectivity index (χ2v) is 8.09. The first-order valence-electron chi connectivity index (χ1n) is 10.5. The molecule has 0 saturated carbocycles. The van der Waals surface area contributed by atoms with E-state index >= 15 is 0 Å². The van der Waals surface area contributed by atoms with Crippen molar-refractivity contribution in [3.05, 3.63) is 104 Å². The molecule has 0 radical (unpaired) electrons. The molecule has 0 aliphatic rings. The first-order chi connectivity index (χ1) is 16.3. The molecule has 0 saturated heterocycles. The number of halogens is 2. The number of oxime groups is 1. The number of nitrogens with zero attached hydrogens (tertiary/aromatic N) is 2. The lowest BCUT2D eigenvalue weighted by molar-refractivity contribution is 0.0933. The quantitative estimate of drug-likeness (QED) is 0.208. The van der Waals surface area contributed by atoms with Crippen molar-refractivity contribution in [3.8, 4) is 0 Å². The number of rotatable bonds is 9. The predicted molar refractivity (Wildman–Crippen MR) is 129 cm³/mol. The molecule has 2 N–H and O–H groups in total. The Kier molecular flexibility index (Phi) is 8.56. The van der Waals surface area contributed by atoms with E-state index in [4.69, 9.17) is 16.3 Å². The number of nitrogens with one attached hydrogen (secondary N) is 1. The molecule has 178 valence electrons. The van der Waals surface area contributed by atoms with Gasteiger partial charge < -0.3 is 19.8 Å². The smallest absolute Gasteiger partial charge is 0.254 e. The van der Waals surface area contributed by atoms with Gasteiger partial charge in [0.05, 0.1) is 17.9 Å². The van der Waals surface area contributed by atoms with Crippen LogP contribution in [0.4, 0.5) is 4.39 Å². The summed E-state index contributed by atoms with van der Waals surface area (Å²) in [4.78, 5) is 24.1. The maximum absolute atomic E-state index is 15.0. The molecule has 0 aliphatic carbocycles. The summed E-state index contributed by atoms with van der Waals surface area (Å²) in [5, 5.41) is 16.3. The lowest BCUT2D eigenvalue weighted by atomic mass is 9.85. The van der Waals surface area contributed by atoms with E-state index in [2.05, 4.69) is 10.5 Å². The highest BCUT2D eigenvalue weighted by atomic mass is 35.5. The fourth-order valence-corrected chi connectivity index (χ4v) is 3.90. The van der Waals surface area contributed by atoms with Gasteiger partial charge in [0.15, 0.2) is 0 Å². The van der Waals surface area contributed by atoms with Gasteiger partial charge in [-0.1, -0.05) is 41.0 Å². The lowest BCUT2D eigenvalue weighted by Crippen LogP contribution is -2.27. The van der Waals surface area contributed by atoms with E-state index in [1.54, 1.807) is 37.5 Å². The average molecular weight is 486 g/mol. The number of hydrogen-bond acceptors (Lipinski definition) is 5. The molecular weight excluding hydrogens is 461 g/mol. The van der Waals surface area contributed by atoms with Crippen LogP contribution in [0.1, 0.15) is 39.4 Å². The highest BCUT2D eigenvalue weighted by molar-refractivity contribution is 6.31. The molecule has 7 nitrogen and oxygen atoms in total. The monoisotopic (exact) mass is 485 g/mol. The zero-order valence-corrected chi connectivity index (χ0v) is 19.6. The minimum absolute atomic E-state index is 0.0909. The summed E-state index contributed by atoms with van der Waals surface area (Å²) in [6, 6.07) is 14.4. The van der Waals surface area contributed by atoms with E-state index in [0.29, 0.717) is 34.0 Å². The van der Waals surface area contributed by atoms with Crippen molar-refractivity contribution in [3.63, 3.8) is 0 Å². The number of hydrogen-bond donors (Lipinski definition) is 2. The van der Waals surface area contributed by atoms with Crippen molar-refractivity contribution in [2.75, 3.05) is 20.3 Å². The van der Waals surface area contributed by atoms with Crippen LogP contribution >= 0.6 is 11.6 Å². The van der Waals surface area contributed by atoms with Gasteiger partial charge in [0.1, 0.15) is 5.82 Å². The van der Waals surface area contributed by atoms with Crippen molar-refractivity contribution < 1.29 is 19.1 Å². The number of aromatic nitrogens is 1. The van der Waals surface area contributed by atoms with Gasteiger partial charge in [-0.05, 0) is 35.4 Å². The van der Waals surface area contributed by atoms with Crippen molar-refractivity contribution in [1.29, 1.82) is 0 Å². The minimum Gasteiger partial charge on any atom is -0.411 e. The van der Waals surface area contributed by atoms with Crippen LogP contribution < -0.4 is 10.9 Å². The molecule has 9 heteroatoms. The van der Waals surface area contributed by atoms with Crippen LogP contribution in [0.25, 0.3) is 0 Å². The van der Waals surface area contributed by atoms with Gasteiger partial charge in [-0.25, -0.2) is 4.39 Å². The molecule has 1 unspecified atom stereocenters. The third kappa shape index (κ3) is 5.89. The number of carbonyl (C=O) groups excluding carboxylic acids is 1. The summed E-state index contributed by atoms with van der Waals surface area (Å²) in [6.45, 7) is 0.572. The zero-order chi connectivity index (χ0) is 24.7. The van der Waals surface area contributed by atoms with Crippen molar-refractivity contribution in [2.24, 2.45) is 12.2 Å². The predicted octanol–water partition coefficient (Wildman–Crippen LogP) is 3.95. The Morgan fingerprint density at radius 2 is 2.00 bits per heavy atom. The summed E-state index contributed by atoms with van der Waals surface area (Å²) < 4.78 is 21.3. The van der Waals surface area contributed by atoms with E-state index in [1.165, 1.54) is 29.9 Å². The molecule has 0 spiro atoms. The number of ether oxygens (including phenoxy) is 1. The average Bonchev–Trinajstić information content (AvgIpc) is 2.82. The number of aryl methyl sites for hydroxylation is 1. The van der Waals surface area contributed by atoms with Crippen LogP contribution in [0.5, 0.6) is 0 Å². The number of pyridine rings is 1. The third-order valence-electron chi connectivity index (χ3n) is 5.45. The van der Waals surface area contributed by atoms with Gasteiger partial charge in [0, 0.05) is 55.9 Å². The molecule has 1 amide bonds. The summed E-state index contributed by atoms with van der Waals surface area (Å²) in [7, 11) is 3.10. The summed E-state index contributed by atoms with van der Waals surface area (Å²) >= 11 is 6.46. The van der Waals surface area contributed by atoms with Gasteiger partial charge in [-0.2, -0.15) is 0 Å². The van der Waals surface area contributed by atoms with Crippen molar-refractivity contribution in [1.82, 2.24) is 9.88 Å². The molecule has 34 heavy (non-hydrogen) atoms. The van der Waals surface area contributed by atoms with Gasteiger partial charge in [0.25, 0.3) is 5.91 Å². The second-order valence-electron chi connectivity index (χ2n) is 7.68. The Labute approximate surface area is 201 Å². The Balaban J connectivity index is 1.99. The first-order valence-corrected chi connectivity index (χ1v) is 10.9. The number of benzene rings is 2. The van der Waals surface area contributed by atoms with Crippen LogP contribution in [0.15, 0.2) is 70.7 Å². The van der Waals surface area contributed by atoms with Gasteiger partial charge in [0.2, 0.25) is 5.56 Å². The SMILES string of the molecule is COCCNC(=O)c1ccc(C(CC(=NO)c2ccc(=O)n(C)c2)c2ccccc2Cl)cc1F. The number of methoxy groups -OCH3 is 1. The van der Waals surface area contributed by atoms with Crippen LogP contribution in [0, 0.1) is 5.82 Å². The van der Waals surface area contributed by atoms with Crippen LogP contribution in [0.3, 0.4) is 0 Å². The van der Waals surface area contributed by atoms with Gasteiger partial charge in [-0.15, -0.1) is 0 Å². The van der Waals surface area contributed by atoms with Crippen molar-refractivity contribution >= 4 is 23.2 Å². The fraction of sp³-hybridized carbons (Fsp3) is 0.240. The second kappa shape index (κ2) is 11.6. The summed E-state index contributed by atoms with van der Waals surface area (Å²) in [6.07, 6.45) is 1.73. The molecule has 3 aromatic rings. The largest absolute Gasteiger partial charge is 0.411 e. The molecule has 3 rings (SSSR count). The molecule has 0 fully saturated rings. The van der Waals surface area contributed by atoms with Crippen LogP contribution in [-0.2, 0) is 11.8 Å². The molecule has 0 bridgehead atoms. The topological polar surface area (TPSA) is 92.9 Å².